The first kappa shape index (κ1) is 15.8. The number of anilines is 1. The molecule has 1 aliphatic heterocycles. The summed E-state index contributed by atoms with van der Waals surface area (Å²) in [6, 6.07) is 7.38. The first-order valence-electron chi connectivity index (χ1n) is 7.47. The molecule has 21 heavy (non-hydrogen) atoms. The number of para-hydroxylation sites is 2. The van der Waals surface area contributed by atoms with Crippen molar-refractivity contribution in [1.29, 1.82) is 0 Å². The zero-order valence-corrected chi connectivity index (χ0v) is 12.7. The Hall–Kier alpha value is -1.59. The van der Waals surface area contributed by atoms with Crippen LogP contribution in [0.1, 0.15) is 19.8 Å². The highest BCUT2D eigenvalue weighted by atomic mass is 16.5. The first-order chi connectivity index (χ1) is 10.1. The van der Waals surface area contributed by atoms with E-state index in [9.17, 15) is 9.90 Å². The number of methoxy groups -OCH3 is 1. The SMILES string of the molecule is CCC1CN(CC(=O)Nc2ccccc2OC)CCC1O. The van der Waals surface area contributed by atoms with Gasteiger partial charge in [-0.05, 0) is 30.9 Å². The molecule has 0 spiro atoms. The number of aliphatic hydroxyl groups is 1. The number of carbonyl (C=O) groups is 1. The fourth-order valence-corrected chi connectivity index (χ4v) is 2.78. The Kier molecular flexibility index (Phi) is 5.59. The molecular formula is C16H24N2O3. The Morgan fingerprint density at radius 3 is 2.95 bits per heavy atom. The third-order valence-electron chi connectivity index (χ3n) is 4.05. The molecule has 116 valence electrons. The molecule has 5 heteroatoms. The standard InChI is InChI=1S/C16H24N2O3/c1-3-12-10-18(9-8-14(12)19)11-16(20)17-13-6-4-5-7-15(13)21-2/h4-7,12,14,19H,3,8-11H2,1-2H3,(H,17,20). The third kappa shape index (κ3) is 4.19. The number of carbonyl (C=O) groups excluding carboxylic acids is 1. The topological polar surface area (TPSA) is 61.8 Å². The quantitative estimate of drug-likeness (QED) is 0.867. The Morgan fingerprint density at radius 2 is 2.24 bits per heavy atom. The maximum absolute atomic E-state index is 12.2. The summed E-state index contributed by atoms with van der Waals surface area (Å²) >= 11 is 0. The lowest BCUT2D eigenvalue weighted by Crippen LogP contribution is -2.45. The molecule has 2 unspecified atom stereocenters. The molecule has 1 aromatic rings. The molecule has 2 rings (SSSR count). The fraction of sp³-hybridized carbons (Fsp3) is 0.562. The number of rotatable bonds is 5. The van der Waals surface area contributed by atoms with Crippen molar-refractivity contribution in [3.05, 3.63) is 24.3 Å². The second-order valence-electron chi connectivity index (χ2n) is 5.51. The van der Waals surface area contributed by atoms with E-state index in [0.717, 1.165) is 25.9 Å². The minimum Gasteiger partial charge on any atom is -0.495 e. The van der Waals surface area contributed by atoms with Crippen LogP contribution in [0.3, 0.4) is 0 Å². The zero-order chi connectivity index (χ0) is 15.2. The number of nitrogens with one attached hydrogen (secondary N) is 1. The lowest BCUT2D eigenvalue weighted by molar-refractivity contribution is -0.118. The van der Waals surface area contributed by atoms with E-state index < -0.39 is 0 Å². The summed E-state index contributed by atoms with van der Waals surface area (Å²) in [5.74, 6) is 0.870. The highest BCUT2D eigenvalue weighted by Crippen LogP contribution is 2.23. The van der Waals surface area contributed by atoms with Crippen molar-refractivity contribution in [1.82, 2.24) is 4.90 Å². The molecule has 2 atom stereocenters. The second-order valence-corrected chi connectivity index (χ2v) is 5.51. The van der Waals surface area contributed by atoms with Gasteiger partial charge in [-0.15, -0.1) is 0 Å². The van der Waals surface area contributed by atoms with Gasteiger partial charge in [-0.2, -0.15) is 0 Å². The molecule has 1 saturated heterocycles. The van der Waals surface area contributed by atoms with E-state index in [4.69, 9.17) is 4.74 Å². The molecule has 1 aliphatic rings. The monoisotopic (exact) mass is 292 g/mol. The molecule has 0 bridgehead atoms. The first-order valence-corrected chi connectivity index (χ1v) is 7.47. The van der Waals surface area contributed by atoms with Gasteiger partial charge in [-0.3, -0.25) is 9.69 Å². The zero-order valence-electron chi connectivity index (χ0n) is 12.7. The van der Waals surface area contributed by atoms with Gasteiger partial charge in [0, 0.05) is 13.1 Å². The van der Waals surface area contributed by atoms with Gasteiger partial charge < -0.3 is 15.2 Å². The molecule has 0 saturated carbocycles. The normalized spacial score (nSPS) is 22.8. The van der Waals surface area contributed by atoms with Crippen molar-refractivity contribution in [3.8, 4) is 5.75 Å². The summed E-state index contributed by atoms with van der Waals surface area (Å²) in [7, 11) is 1.59. The van der Waals surface area contributed by atoms with Crippen LogP contribution in [0.2, 0.25) is 0 Å². The van der Waals surface area contributed by atoms with Crippen LogP contribution in [0.4, 0.5) is 5.69 Å². The number of aliphatic hydroxyl groups excluding tert-OH is 1. The van der Waals surface area contributed by atoms with Gasteiger partial charge in [0.05, 0.1) is 25.4 Å². The second kappa shape index (κ2) is 7.43. The molecule has 1 fully saturated rings. The van der Waals surface area contributed by atoms with E-state index in [1.807, 2.05) is 24.3 Å². The summed E-state index contributed by atoms with van der Waals surface area (Å²) in [6.07, 6.45) is 1.44. The van der Waals surface area contributed by atoms with Crippen molar-refractivity contribution >= 4 is 11.6 Å². The van der Waals surface area contributed by atoms with E-state index in [1.165, 1.54) is 0 Å². The van der Waals surface area contributed by atoms with Crippen LogP contribution in [-0.4, -0.2) is 48.8 Å². The van der Waals surface area contributed by atoms with Crippen molar-refractivity contribution in [2.75, 3.05) is 32.1 Å². The van der Waals surface area contributed by atoms with Gasteiger partial charge in [0.25, 0.3) is 0 Å². The Labute approximate surface area is 125 Å². The summed E-state index contributed by atoms with van der Waals surface area (Å²) in [5, 5.41) is 12.8. The number of amides is 1. The van der Waals surface area contributed by atoms with Crippen molar-refractivity contribution < 1.29 is 14.6 Å². The van der Waals surface area contributed by atoms with Gasteiger partial charge >= 0.3 is 0 Å². The van der Waals surface area contributed by atoms with Crippen molar-refractivity contribution in [2.45, 2.75) is 25.9 Å². The Bertz CT molecular complexity index is 478. The fourth-order valence-electron chi connectivity index (χ4n) is 2.78. The van der Waals surface area contributed by atoms with Crippen LogP contribution in [0.5, 0.6) is 5.75 Å². The lowest BCUT2D eigenvalue weighted by atomic mass is 9.92. The van der Waals surface area contributed by atoms with E-state index in [0.29, 0.717) is 18.0 Å². The van der Waals surface area contributed by atoms with Gasteiger partial charge in [0.15, 0.2) is 0 Å². The summed E-state index contributed by atoms with van der Waals surface area (Å²) in [5.41, 5.74) is 0.689. The minimum atomic E-state index is -0.233. The van der Waals surface area contributed by atoms with Gasteiger partial charge in [-0.25, -0.2) is 0 Å². The van der Waals surface area contributed by atoms with Crippen LogP contribution in [0.25, 0.3) is 0 Å². The van der Waals surface area contributed by atoms with Crippen molar-refractivity contribution in [2.24, 2.45) is 5.92 Å². The highest BCUT2D eigenvalue weighted by molar-refractivity contribution is 5.93. The maximum atomic E-state index is 12.2. The number of benzene rings is 1. The number of piperidine rings is 1. The predicted octanol–water partition coefficient (Wildman–Crippen LogP) is 1.73. The molecular weight excluding hydrogens is 268 g/mol. The average Bonchev–Trinajstić information content (AvgIpc) is 2.49. The number of likely N-dealkylation sites (tertiary alicyclic amines) is 1. The third-order valence-corrected chi connectivity index (χ3v) is 4.05. The molecule has 0 aromatic heterocycles. The van der Waals surface area contributed by atoms with Crippen LogP contribution in [0, 0.1) is 5.92 Å². The number of hydrogen-bond donors (Lipinski definition) is 2. The summed E-state index contributed by atoms with van der Waals surface area (Å²) in [6.45, 7) is 3.96. The van der Waals surface area contributed by atoms with Crippen LogP contribution >= 0.6 is 0 Å². The number of nitrogens with zero attached hydrogens (tertiary/aromatic N) is 1. The van der Waals surface area contributed by atoms with Crippen LogP contribution in [-0.2, 0) is 4.79 Å². The smallest absolute Gasteiger partial charge is 0.238 e. The van der Waals surface area contributed by atoms with Crippen LogP contribution < -0.4 is 10.1 Å². The lowest BCUT2D eigenvalue weighted by Gasteiger charge is -2.35. The van der Waals surface area contributed by atoms with Gasteiger partial charge in [-0.1, -0.05) is 19.1 Å². The predicted molar refractivity (Wildman–Crippen MR) is 82.5 cm³/mol. The summed E-state index contributed by atoms with van der Waals surface area (Å²) < 4.78 is 5.22. The number of ether oxygens (including phenoxy) is 1. The Morgan fingerprint density at radius 1 is 1.48 bits per heavy atom. The summed E-state index contributed by atoms with van der Waals surface area (Å²) in [4.78, 5) is 14.3. The minimum absolute atomic E-state index is 0.0502. The average molecular weight is 292 g/mol. The Balaban J connectivity index is 1.90. The van der Waals surface area contributed by atoms with Gasteiger partial charge in [0.2, 0.25) is 5.91 Å². The maximum Gasteiger partial charge on any atom is 0.238 e. The van der Waals surface area contributed by atoms with E-state index in [-0.39, 0.29) is 17.9 Å². The van der Waals surface area contributed by atoms with E-state index in [2.05, 4.69) is 17.1 Å². The molecule has 5 nitrogen and oxygen atoms in total. The van der Waals surface area contributed by atoms with Gasteiger partial charge in [0.1, 0.15) is 5.75 Å². The number of hydrogen-bond acceptors (Lipinski definition) is 4. The molecule has 1 amide bonds. The molecule has 1 heterocycles. The highest BCUT2D eigenvalue weighted by Gasteiger charge is 2.27. The van der Waals surface area contributed by atoms with Crippen molar-refractivity contribution in [3.63, 3.8) is 0 Å². The molecule has 2 N–H and O–H groups in total. The molecule has 0 aliphatic carbocycles. The molecule has 1 aromatic carbocycles. The van der Waals surface area contributed by atoms with Crippen LogP contribution in [0.15, 0.2) is 24.3 Å². The largest absolute Gasteiger partial charge is 0.495 e. The molecule has 0 radical (unpaired) electrons. The van der Waals surface area contributed by atoms with E-state index >= 15 is 0 Å². The van der Waals surface area contributed by atoms with E-state index in [1.54, 1.807) is 7.11 Å².